The monoisotopic (exact) mass is 373 g/mol. The second-order valence-corrected chi connectivity index (χ2v) is 7.60. The largest absolute Gasteiger partial charge is 0.384 e. The summed E-state index contributed by atoms with van der Waals surface area (Å²) in [4.78, 5) is 4.64. The number of aliphatic imine (C=N–C) groups is 1. The first-order chi connectivity index (χ1) is 13.2. The van der Waals surface area contributed by atoms with Gasteiger partial charge in [-0.05, 0) is 33.7 Å². The molecule has 1 aliphatic carbocycles. The van der Waals surface area contributed by atoms with E-state index >= 15 is 0 Å². The highest BCUT2D eigenvalue weighted by atomic mass is 16.5. The van der Waals surface area contributed by atoms with E-state index in [0.29, 0.717) is 19.2 Å². The number of fused-ring (bicyclic) bond motifs is 1. The summed E-state index contributed by atoms with van der Waals surface area (Å²) in [5, 5.41) is 18.6. The number of aromatic nitrogens is 2. The molecule has 2 unspecified atom stereocenters. The first-order valence-electron chi connectivity index (χ1n) is 10.1. The van der Waals surface area contributed by atoms with Crippen LogP contribution in [-0.2, 0) is 11.3 Å². The molecule has 8 heteroatoms. The Morgan fingerprint density at radius 3 is 2.85 bits per heavy atom. The quantitative estimate of drug-likeness (QED) is 0.644. The molecule has 2 atom stereocenters. The smallest absolute Gasteiger partial charge is 0.195 e. The number of anilines is 1. The molecule has 1 aromatic heterocycles. The molecule has 0 amide bonds. The zero-order valence-corrected chi connectivity index (χ0v) is 16.5. The maximum Gasteiger partial charge on any atom is 0.195 e. The Morgan fingerprint density at radius 1 is 1.26 bits per heavy atom. The first-order valence-corrected chi connectivity index (χ1v) is 10.1. The second kappa shape index (κ2) is 7.90. The van der Waals surface area contributed by atoms with Crippen molar-refractivity contribution >= 4 is 12.0 Å². The van der Waals surface area contributed by atoms with Crippen LogP contribution in [0.15, 0.2) is 16.4 Å². The lowest BCUT2D eigenvalue weighted by Crippen LogP contribution is -2.47. The van der Waals surface area contributed by atoms with E-state index in [1.807, 2.05) is 24.9 Å². The van der Waals surface area contributed by atoms with E-state index in [-0.39, 0.29) is 12.5 Å². The lowest BCUT2D eigenvalue weighted by atomic mass is 9.95. The number of likely N-dealkylation sites (N-methyl/N-ethyl adjacent to an activating group) is 1. The van der Waals surface area contributed by atoms with Gasteiger partial charge >= 0.3 is 0 Å². The number of nitrogens with zero attached hydrogens (tertiary/aromatic N) is 3. The van der Waals surface area contributed by atoms with Crippen LogP contribution >= 0.6 is 0 Å². The van der Waals surface area contributed by atoms with Gasteiger partial charge in [0, 0.05) is 18.0 Å². The van der Waals surface area contributed by atoms with Crippen LogP contribution < -0.4 is 21.3 Å². The normalized spacial score (nSPS) is 27.5. The lowest BCUT2D eigenvalue weighted by Gasteiger charge is -2.32. The minimum atomic E-state index is -0.247. The molecule has 4 rings (SSSR count). The lowest BCUT2D eigenvalue weighted by molar-refractivity contribution is 0.0458. The van der Waals surface area contributed by atoms with Crippen LogP contribution in [0.5, 0.6) is 0 Å². The molecular formula is C19H31N7O. The molecule has 0 saturated heterocycles. The minimum Gasteiger partial charge on any atom is -0.384 e. The highest BCUT2D eigenvalue weighted by Crippen LogP contribution is 2.24. The molecular weight excluding hydrogens is 342 g/mol. The van der Waals surface area contributed by atoms with Crippen LogP contribution in [0, 0.1) is 6.92 Å². The molecule has 2 bridgehead atoms. The number of nitrogens with one attached hydrogen (secondary N) is 4. The summed E-state index contributed by atoms with van der Waals surface area (Å²) < 4.78 is 8.13. The van der Waals surface area contributed by atoms with E-state index in [2.05, 4.69) is 38.3 Å². The molecule has 0 aromatic carbocycles. The average Bonchev–Trinajstić information content (AvgIpc) is 3.00. The molecule has 1 aromatic rings. The van der Waals surface area contributed by atoms with Crippen molar-refractivity contribution in [2.24, 2.45) is 4.99 Å². The Hall–Kier alpha value is -2.06. The van der Waals surface area contributed by atoms with Gasteiger partial charge in [-0.1, -0.05) is 19.3 Å². The van der Waals surface area contributed by atoms with Crippen molar-refractivity contribution < 1.29 is 4.74 Å². The zero-order chi connectivity index (χ0) is 18.8. The third kappa shape index (κ3) is 3.82. The van der Waals surface area contributed by atoms with E-state index in [0.717, 1.165) is 28.5 Å². The molecule has 2 aliphatic heterocycles. The highest BCUT2D eigenvalue weighted by molar-refractivity contribution is 5.89. The van der Waals surface area contributed by atoms with Crippen molar-refractivity contribution in [3.63, 3.8) is 0 Å². The summed E-state index contributed by atoms with van der Waals surface area (Å²) >= 11 is 0. The Balaban J connectivity index is 1.60. The van der Waals surface area contributed by atoms with Gasteiger partial charge in [0.2, 0.25) is 0 Å². The Morgan fingerprint density at radius 2 is 2.07 bits per heavy atom. The van der Waals surface area contributed by atoms with Crippen LogP contribution in [0.3, 0.4) is 0 Å². The van der Waals surface area contributed by atoms with Gasteiger partial charge in [0.05, 0.1) is 30.1 Å². The predicted molar refractivity (Wildman–Crippen MR) is 107 cm³/mol. The van der Waals surface area contributed by atoms with Gasteiger partial charge in [-0.25, -0.2) is 9.67 Å². The molecule has 3 heterocycles. The van der Waals surface area contributed by atoms with Gasteiger partial charge < -0.3 is 20.7 Å². The average molecular weight is 374 g/mol. The Labute approximate surface area is 160 Å². The molecule has 1 saturated carbocycles. The fourth-order valence-electron chi connectivity index (χ4n) is 4.18. The Bertz CT molecular complexity index is 733. The highest BCUT2D eigenvalue weighted by Gasteiger charge is 2.27. The molecule has 148 valence electrons. The third-order valence-electron chi connectivity index (χ3n) is 5.63. The molecule has 27 heavy (non-hydrogen) atoms. The number of ether oxygens (including phenoxy) is 1. The topological polar surface area (TPSA) is 87.5 Å². The van der Waals surface area contributed by atoms with E-state index in [1.54, 1.807) is 0 Å². The molecule has 3 aliphatic rings. The number of hydrogen-bond donors (Lipinski definition) is 4. The number of allylic oxidation sites excluding steroid dienone is 1. The molecule has 8 nitrogen and oxygen atoms in total. The van der Waals surface area contributed by atoms with Gasteiger partial charge in [-0.2, -0.15) is 5.10 Å². The van der Waals surface area contributed by atoms with Crippen molar-refractivity contribution in [1.82, 2.24) is 25.7 Å². The fourth-order valence-corrected chi connectivity index (χ4v) is 4.18. The summed E-state index contributed by atoms with van der Waals surface area (Å²) in [6, 6.07) is 0.541. The van der Waals surface area contributed by atoms with Crippen LogP contribution in [0.25, 0.3) is 0 Å². The third-order valence-corrected chi connectivity index (χ3v) is 5.63. The fraction of sp³-hybridized carbons (Fsp3) is 0.684. The van der Waals surface area contributed by atoms with Crippen molar-refractivity contribution in [2.45, 2.75) is 71.1 Å². The van der Waals surface area contributed by atoms with E-state index in [4.69, 9.17) is 4.74 Å². The molecule has 1 fully saturated rings. The number of hydrogen-bond acceptors (Lipinski definition) is 7. The minimum absolute atomic E-state index is 0.224. The number of aryl methyl sites for hydroxylation is 1. The summed E-state index contributed by atoms with van der Waals surface area (Å²) in [6.45, 7) is 5.41. The van der Waals surface area contributed by atoms with Gasteiger partial charge in [0.15, 0.2) is 6.29 Å². The van der Waals surface area contributed by atoms with Crippen molar-refractivity contribution in [3.8, 4) is 0 Å². The van der Waals surface area contributed by atoms with Crippen LogP contribution in [0.4, 0.5) is 5.82 Å². The van der Waals surface area contributed by atoms with Crippen LogP contribution in [-0.4, -0.2) is 48.2 Å². The van der Waals surface area contributed by atoms with E-state index in [1.165, 1.54) is 32.1 Å². The standard InChI is InChI=1S/C19H31N7O/c1-12-15-11-21-19-23-16(13(2)22-14-7-5-4-6-8-14)18(20-3)27-10-9-26(25-12)17(15)24-19/h11,14,18-20,22-24H,4-10H2,1-3H3/b16-13+. The van der Waals surface area contributed by atoms with Crippen LogP contribution in [0.2, 0.25) is 0 Å². The van der Waals surface area contributed by atoms with Gasteiger partial charge in [-0.15, -0.1) is 0 Å². The summed E-state index contributed by atoms with van der Waals surface area (Å²) in [5.74, 6) is 1.00. The Kier molecular flexibility index (Phi) is 5.36. The van der Waals surface area contributed by atoms with Gasteiger partial charge in [-0.3, -0.25) is 5.32 Å². The zero-order valence-electron chi connectivity index (χ0n) is 16.5. The maximum atomic E-state index is 6.16. The van der Waals surface area contributed by atoms with Crippen LogP contribution in [0.1, 0.15) is 50.3 Å². The molecule has 0 spiro atoms. The second-order valence-electron chi connectivity index (χ2n) is 7.60. The van der Waals surface area contributed by atoms with E-state index in [9.17, 15) is 0 Å². The first kappa shape index (κ1) is 18.3. The summed E-state index contributed by atoms with van der Waals surface area (Å²) in [6.07, 6.45) is 7.88. The van der Waals surface area contributed by atoms with Crippen molar-refractivity contribution in [1.29, 1.82) is 0 Å². The van der Waals surface area contributed by atoms with Crippen molar-refractivity contribution in [3.05, 3.63) is 22.7 Å². The van der Waals surface area contributed by atoms with E-state index < -0.39 is 0 Å². The maximum absolute atomic E-state index is 6.16. The van der Waals surface area contributed by atoms with Gasteiger partial charge in [0.25, 0.3) is 0 Å². The predicted octanol–water partition coefficient (Wildman–Crippen LogP) is 1.64. The molecule has 4 N–H and O–H groups in total. The van der Waals surface area contributed by atoms with Gasteiger partial charge in [0.1, 0.15) is 12.0 Å². The summed E-state index contributed by atoms with van der Waals surface area (Å²) in [5.41, 5.74) is 4.16. The van der Waals surface area contributed by atoms with Crippen molar-refractivity contribution in [2.75, 3.05) is 19.0 Å². The SMILES string of the molecule is CNC1OCCn2nc(C)c3c2NC(N=C3)N/C1=C(\C)NC1CCCCC1. The molecule has 0 radical (unpaired) electrons. The summed E-state index contributed by atoms with van der Waals surface area (Å²) in [7, 11) is 1.92. The number of rotatable bonds is 3.